The van der Waals surface area contributed by atoms with Crippen LogP contribution in [0.4, 0.5) is 11.4 Å². The summed E-state index contributed by atoms with van der Waals surface area (Å²) in [6.07, 6.45) is 1.59. The lowest BCUT2D eigenvalue weighted by atomic mass is 10.0. The minimum Gasteiger partial charge on any atom is -0.480 e. The SMILES string of the molecule is Cl.O=C(Nc1ccc(N2CCN(C(C(=O)O)c3ccccc3)CC2)cc1)c1ccccc1-c1ccco1. The van der Waals surface area contributed by atoms with Crippen molar-refractivity contribution < 1.29 is 19.1 Å². The Bertz CT molecular complexity index is 1320. The third kappa shape index (κ3) is 5.85. The van der Waals surface area contributed by atoms with Gasteiger partial charge in [-0.05, 0) is 48.0 Å². The summed E-state index contributed by atoms with van der Waals surface area (Å²) in [4.78, 5) is 29.2. The number of hydrogen-bond donors (Lipinski definition) is 2. The molecular formula is C29H28ClN3O4. The van der Waals surface area contributed by atoms with E-state index in [1.807, 2.05) is 83.8 Å². The van der Waals surface area contributed by atoms with Crippen molar-refractivity contribution in [1.29, 1.82) is 0 Å². The van der Waals surface area contributed by atoms with Crippen LogP contribution in [0.3, 0.4) is 0 Å². The van der Waals surface area contributed by atoms with Gasteiger partial charge in [-0.1, -0.05) is 48.5 Å². The van der Waals surface area contributed by atoms with Crippen LogP contribution in [0.1, 0.15) is 22.0 Å². The molecule has 1 amide bonds. The number of hydrogen-bond acceptors (Lipinski definition) is 5. The highest BCUT2D eigenvalue weighted by atomic mass is 35.5. The lowest BCUT2D eigenvalue weighted by Gasteiger charge is -2.39. The summed E-state index contributed by atoms with van der Waals surface area (Å²) in [5.74, 6) is -0.389. The van der Waals surface area contributed by atoms with Gasteiger partial charge in [0.1, 0.15) is 11.8 Å². The minimum atomic E-state index is -0.830. The lowest BCUT2D eigenvalue weighted by molar-refractivity contribution is -0.143. The van der Waals surface area contributed by atoms with E-state index >= 15 is 0 Å². The van der Waals surface area contributed by atoms with Crippen molar-refractivity contribution >= 4 is 35.7 Å². The number of aliphatic carboxylic acids is 1. The maximum atomic E-state index is 13.0. The number of carbonyl (C=O) groups is 2. The fourth-order valence-corrected chi connectivity index (χ4v) is 4.67. The number of rotatable bonds is 7. The van der Waals surface area contributed by atoms with Gasteiger partial charge in [-0.2, -0.15) is 0 Å². The molecule has 1 aliphatic rings. The first-order valence-corrected chi connectivity index (χ1v) is 11.9. The molecule has 1 aromatic heterocycles. The van der Waals surface area contributed by atoms with Gasteiger partial charge in [0.25, 0.3) is 5.91 Å². The molecule has 3 aromatic carbocycles. The highest BCUT2D eigenvalue weighted by Crippen LogP contribution is 2.27. The monoisotopic (exact) mass is 517 g/mol. The maximum absolute atomic E-state index is 13.0. The summed E-state index contributed by atoms with van der Waals surface area (Å²) >= 11 is 0. The fraction of sp³-hybridized carbons (Fsp3) is 0.172. The summed E-state index contributed by atoms with van der Waals surface area (Å²) in [5, 5.41) is 12.8. The van der Waals surface area contributed by atoms with Crippen LogP contribution in [-0.4, -0.2) is 48.1 Å². The second-order valence-electron chi connectivity index (χ2n) is 8.70. The van der Waals surface area contributed by atoms with Gasteiger partial charge in [0.2, 0.25) is 0 Å². The lowest BCUT2D eigenvalue weighted by Crippen LogP contribution is -2.49. The first-order chi connectivity index (χ1) is 17.6. The Morgan fingerprint density at radius 1 is 0.811 bits per heavy atom. The van der Waals surface area contributed by atoms with Crippen LogP contribution in [0.2, 0.25) is 0 Å². The molecule has 0 spiro atoms. The highest BCUT2D eigenvalue weighted by Gasteiger charge is 2.30. The molecule has 0 aliphatic carbocycles. The molecule has 5 rings (SSSR count). The number of piperazine rings is 1. The first kappa shape index (κ1) is 26.0. The largest absolute Gasteiger partial charge is 0.480 e. The summed E-state index contributed by atoms with van der Waals surface area (Å²) < 4.78 is 5.48. The van der Waals surface area contributed by atoms with Gasteiger partial charge in [0, 0.05) is 43.1 Å². The minimum absolute atomic E-state index is 0. The van der Waals surface area contributed by atoms with Gasteiger partial charge >= 0.3 is 5.97 Å². The van der Waals surface area contributed by atoms with E-state index in [0.29, 0.717) is 30.1 Å². The molecule has 0 saturated carbocycles. The van der Waals surface area contributed by atoms with Crippen LogP contribution in [0.15, 0.2) is 102 Å². The second-order valence-corrected chi connectivity index (χ2v) is 8.70. The number of anilines is 2. The fourth-order valence-electron chi connectivity index (χ4n) is 4.67. The van der Waals surface area contributed by atoms with Crippen LogP contribution in [0.25, 0.3) is 11.3 Å². The number of halogens is 1. The Morgan fingerprint density at radius 2 is 1.49 bits per heavy atom. The molecule has 1 saturated heterocycles. The van der Waals surface area contributed by atoms with Crippen molar-refractivity contribution in [2.75, 3.05) is 36.4 Å². The number of furan rings is 1. The summed E-state index contributed by atoms with van der Waals surface area (Å²) in [6, 6.07) is 27.4. The molecule has 7 nitrogen and oxygen atoms in total. The molecule has 1 fully saturated rings. The number of carboxylic acids is 1. The third-order valence-corrected chi connectivity index (χ3v) is 6.48. The molecule has 0 bridgehead atoms. The quantitative estimate of drug-likeness (QED) is 0.333. The summed E-state index contributed by atoms with van der Waals surface area (Å²) in [6.45, 7) is 2.74. The van der Waals surface area contributed by atoms with Crippen molar-refractivity contribution in [3.05, 3.63) is 108 Å². The molecule has 1 aliphatic heterocycles. The van der Waals surface area contributed by atoms with Crippen molar-refractivity contribution in [1.82, 2.24) is 4.90 Å². The van der Waals surface area contributed by atoms with E-state index in [2.05, 4.69) is 10.2 Å². The average Bonchev–Trinajstić information content (AvgIpc) is 3.45. The Kier molecular flexibility index (Phi) is 8.28. The maximum Gasteiger partial charge on any atom is 0.325 e. The van der Waals surface area contributed by atoms with Crippen LogP contribution in [-0.2, 0) is 4.79 Å². The van der Waals surface area contributed by atoms with E-state index in [0.717, 1.165) is 29.9 Å². The number of carbonyl (C=O) groups excluding carboxylic acids is 1. The van der Waals surface area contributed by atoms with Crippen LogP contribution in [0, 0.1) is 0 Å². The topological polar surface area (TPSA) is 86.0 Å². The number of amides is 1. The van der Waals surface area contributed by atoms with Gasteiger partial charge in [0.05, 0.1) is 11.8 Å². The highest BCUT2D eigenvalue weighted by molar-refractivity contribution is 6.08. The van der Waals surface area contributed by atoms with Crippen molar-refractivity contribution in [2.45, 2.75) is 6.04 Å². The molecular weight excluding hydrogens is 490 g/mol. The Balaban J connectivity index is 0.00000320. The Morgan fingerprint density at radius 3 is 2.14 bits per heavy atom. The molecule has 1 unspecified atom stereocenters. The zero-order valence-corrected chi connectivity index (χ0v) is 20.9. The van der Waals surface area contributed by atoms with Crippen LogP contribution in [0.5, 0.6) is 0 Å². The predicted molar refractivity (Wildman–Crippen MR) is 146 cm³/mol. The van der Waals surface area contributed by atoms with Gasteiger partial charge < -0.3 is 19.7 Å². The number of benzene rings is 3. The molecule has 4 aromatic rings. The molecule has 0 radical (unpaired) electrons. The number of nitrogens with one attached hydrogen (secondary N) is 1. The first-order valence-electron chi connectivity index (χ1n) is 11.9. The molecule has 37 heavy (non-hydrogen) atoms. The Hall–Kier alpha value is -4.07. The van der Waals surface area contributed by atoms with E-state index in [1.54, 1.807) is 18.4 Å². The van der Waals surface area contributed by atoms with Crippen molar-refractivity contribution in [3.8, 4) is 11.3 Å². The van der Waals surface area contributed by atoms with Gasteiger partial charge in [-0.25, -0.2) is 0 Å². The molecule has 2 heterocycles. The molecule has 190 valence electrons. The molecule has 1 atom stereocenters. The standard InChI is InChI=1S/C29H27N3O4.ClH/c33-28(25-10-5-4-9-24(25)26-11-6-20-36-26)30-22-12-14-23(15-13-22)31-16-18-32(19-17-31)27(29(34)35)21-7-2-1-3-8-21;/h1-15,20,27H,16-19H2,(H,30,33)(H,34,35);1H. The van der Waals surface area contributed by atoms with E-state index in [-0.39, 0.29) is 18.3 Å². The predicted octanol–water partition coefficient (Wildman–Crippen LogP) is 5.57. The second kappa shape index (κ2) is 11.8. The molecule has 2 N–H and O–H groups in total. The van der Waals surface area contributed by atoms with E-state index in [9.17, 15) is 14.7 Å². The number of carboxylic acid groups (broad SMARTS) is 1. The third-order valence-electron chi connectivity index (χ3n) is 6.48. The van der Waals surface area contributed by atoms with Gasteiger partial charge in [-0.15, -0.1) is 12.4 Å². The van der Waals surface area contributed by atoms with Gasteiger partial charge in [-0.3, -0.25) is 14.5 Å². The Labute approximate surface area is 221 Å². The molecule has 8 heteroatoms. The number of nitrogens with zero attached hydrogens (tertiary/aromatic N) is 2. The average molecular weight is 518 g/mol. The van der Waals surface area contributed by atoms with Gasteiger partial charge in [0.15, 0.2) is 0 Å². The zero-order chi connectivity index (χ0) is 24.9. The van der Waals surface area contributed by atoms with Crippen LogP contribution >= 0.6 is 12.4 Å². The zero-order valence-electron chi connectivity index (χ0n) is 20.1. The normalized spacial score (nSPS) is 14.4. The van der Waals surface area contributed by atoms with E-state index < -0.39 is 12.0 Å². The summed E-state index contributed by atoms with van der Waals surface area (Å²) in [5.41, 5.74) is 3.82. The van der Waals surface area contributed by atoms with E-state index in [4.69, 9.17) is 4.42 Å². The van der Waals surface area contributed by atoms with E-state index in [1.165, 1.54) is 0 Å². The van der Waals surface area contributed by atoms with Crippen LogP contribution < -0.4 is 10.2 Å². The summed E-state index contributed by atoms with van der Waals surface area (Å²) in [7, 11) is 0. The van der Waals surface area contributed by atoms with Crippen molar-refractivity contribution in [3.63, 3.8) is 0 Å². The van der Waals surface area contributed by atoms with Crippen molar-refractivity contribution in [2.24, 2.45) is 0 Å². The smallest absolute Gasteiger partial charge is 0.325 e.